The molecule has 0 radical (unpaired) electrons. The first kappa shape index (κ1) is 24.8. The molecule has 1 amide bonds. The molecule has 5 rings (SSSR count). The third-order valence-corrected chi connectivity index (χ3v) is 8.28. The number of benzene rings is 3. The van der Waals surface area contributed by atoms with Gasteiger partial charge in [0.2, 0.25) is 5.91 Å². The number of amides is 1. The van der Waals surface area contributed by atoms with E-state index in [4.69, 9.17) is 28.2 Å². The van der Waals surface area contributed by atoms with Crippen molar-refractivity contribution in [2.24, 2.45) is 0 Å². The number of nitrogens with zero attached hydrogens (tertiary/aromatic N) is 4. The van der Waals surface area contributed by atoms with Gasteiger partial charge in [-0.05, 0) is 74.0 Å². The van der Waals surface area contributed by atoms with Gasteiger partial charge in [0.05, 0.1) is 26.0 Å². The van der Waals surface area contributed by atoms with Crippen molar-refractivity contribution in [3.63, 3.8) is 0 Å². The third-order valence-electron chi connectivity index (χ3n) is 5.50. The molecule has 36 heavy (non-hydrogen) atoms. The van der Waals surface area contributed by atoms with Crippen LogP contribution >= 0.6 is 46.3 Å². The van der Waals surface area contributed by atoms with E-state index >= 15 is 0 Å². The zero-order chi connectivity index (χ0) is 25.2. The summed E-state index contributed by atoms with van der Waals surface area (Å²) in [6, 6.07) is 19.4. The second-order valence-corrected chi connectivity index (χ2v) is 10.9. The van der Waals surface area contributed by atoms with E-state index in [0.717, 1.165) is 27.3 Å². The van der Waals surface area contributed by atoms with Crippen LogP contribution in [-0.4, -0.2) is 31.4 Å². The summed E-state index contributed by atoms with van der Waals surface area (Å²) in [6.07, 6.45) is 0. The maximum absolute atomic E-state index is 12.6. The Hall–Kier alpha value is -2.91. The van der Waals surface area contributed by atoms with Gasteiger partial charge in [-0.15, -0.1) is 21.5 Å². The Morgan fingerprint density at radius 3 is 2.53 bits per heavy atom. The molecular weight excluding hydrogens is 533 g/mol. The molecule has 0 atom stereocenters. The average molecular weight is 555 g/mol. The van der Waals surface area contributed by atoms with Crippen molar-refractivity contribution < 1.29 is 4.79 Å². The van der Waals surface area contributed by atoms with Crippen molar-refractivity contribution in [1.82, 2.24) is 19.7 Å². The summed E-state index contributed by atoms with van der Waals surface area (Å²) in [4.78, 5) is 17.3. The van der Waals surface area contributed by atoms with Crippen LogP contribution in [0.2, 0.25) is 10.0 Å². The minimum absolute atomic E-state index is 0.120. The van der Waals surface area contributed by atoms with Crippen LogP contribution in [0.3, 0.4) is 0 Å². The minimum Gasteiger partial charge on any atom is -0.325 e. The lowest BCUT2D eigenvalue weighted by molar-refractivity contribution is -0.113. The van der Waals surface area contributed by atoms with Crippen molar-refractivity contribution in [2.45, 2.75) is 25.5 Å². The molecule has 0 saturated heterocycles. The Morgan fingerprint density at radius 2 is 1.78 bits per heavy atom. The molecule has 0 aliphatic rings. The molecule has 6 nitrogen and oxygen atoms in total. The molecule has 0 spiro atoms. The maximum atomic E-state index is 12.6. The Balaban J connectivity index is 1.23. The molecule has 0 aliphatic heterocycles. The van der Waals surface area contributed by atoms with Gasteiger partial charge in [-0.3, -0.25) is 4.79 Å². The monoisotopic (exact) mass is 553 g/mol. The average Bonchev–Trinajstić information content (AvgIpc) is 3.48. The number of fused-ring (bicyclic) bond motifs is 1. The highest BCUT2D eigenvalue weighted by molar-refractivity contribution is 7.99. The van der Waals surface area contributed by atoms with Crippen LogP contribution in [0.1, 0.15) is 12.5 Å². The lowest BCUT2D eigenvalue weighted by atomic mass is 10.2. The molecular formula is C26H21Cl2N5OS2. The topological polar surface area (TPSA) is 72.7 Å². The van der Waals surface area contributed by atoms with Crippen molar-refractivity contribution >= 4 is 68.1 Å². The Morgan fingerprint density at radius 1 is 1.00 bits per heavy atom. The van der Waals surface area contributed by atoms with E-state index < -0.39 is 0 Å². The van der Waals surface area contributed by atoms with Crippen LogP contribution in [0.25, 0.3) is 32.2 Å². The SMILES string of the molecule is CCn1c(SCC(=O)Nc2ccc(-c3nc4ccc(C)cc4s3)cc2)nnc1-c1ccc(Cl)c(Cl)c1. The fraction of sp³-hybridized carbons (Fsp3) is 0.154. The number of carbonyl (C=O) groups excluding carboxylic acids is 1. The molecule has 1 N–H and O–H groups in total. The molecule has 10 heteroatoms. The minimum atomic E-state index is -0.120. The van der Waals surface area contributed by atoms with Gasteiger partial charge in [-0.1, -0.05) is 41.0 Å². The molecule has 3 aromatic carbocycles. The van der Waals surface area contributed by atoms with Gasteiger partial charge in [0.15, 0.2) is 11.0 Å². The van der Waals surface area contributed by atoms with E-state index in [9.17, 15) is 4.79 Å². The van der Waals surface area contributed by atoms with Gasteiger partial charge >= 0.3 is 0 Å². The molecule has 0 aliphatic carbocycles. The molecule has 2 aromatic heterocycles. The van der Waals surface area contributed by atoms with E-state index in [-0.39, 0.29) is 11.7 Å². The van der Waals surface area contributed by atoms with Gasteiger partial charge in [-0.2, -0.15) is 0 Å². The van der Waals surface area contributed by atoms with Crippen molar-refractivity contribution in [1.29, 1.82) is 0 Å². The summed E-state index contributed by atoms with van der Waals surface area (Å²) < 4.78 is 3.12. The zero-order valence-electron chi connectivity index (χ0n) is 19.5. The summed E-state index contributed by atoms with van der Waals surface area (Å²) in [5.41, 5.74) is 4.79. The number of hydrogen-bond donors (Lipinski definition) is 1. The second kappa shape index (κ2) is 10.6. The molecule has 5 aromatic rings. The summed E-state index contributed by atoms with van der Waals surface area (Å²) in [6.45, 7) is 4.73. The van der Waals surface area contributed by atoms with Crippen LogP contribution in [0, 0.1) is 6.92 Å². The van der Waals surface area contributed by atoms with E-state index in [1.807, 2.05) is 47.9 Å². The highest BCUT2D eigenvalue weighted by Gasteiger charge is 2.16. The smallest absolute Gasteiger partial charge is 0.234 e. The van der Waals surface area contributed by atoms with E-state index in [2.05, 4.69) is 34.6 Å². The van der Waals surface area contributed by atoms with Gasteiger partial charge in [0.1, 0.15) is 5.01 Å². The fourth-order valence-electron chi connectivity index (χ4n) is 3.71. The van der Waals surface area contributed by atoms with Gasteiger partial charge < -0.3 is 9.88 Å². The second-order valence-electron chi connectivity index (χ2n) is 8.08. The lowest BCUT2D eigenvalue weighted by Gasteiger charge is -2.09. The number of aryl methyl sites for hydroxylation is 1. The zero-order valence-corrected chi connectivity index (χ0v) is 22.6. The highest BCUT2D eigenvalue weighted by atomic mass is 35.5. The summed E-state index contributed by atoms with van der Waals surface area (Å²) in [5.74, 6) is 0.767. The Labute approximate surface area is 226 Å². The standard InChI is InChI=1S/C26H21Cl2N5OS2/c1-3-33-24(17-7-10-19(27)20(28)13-17)31-32-26(33)35-14-23(34)29-18-8-5-16(6-9-18)25-30-21-11-4-15(2)12-22(21)36-25/h4-13H,3,14H2,1-2H3,(H,29,34). The van der Waals surface area contributed by atoms with Crippen LogP contribution < -0.4 is 5.32 Å². The number of nitrogens with one attached hydrogen (secondary N) is 1. The number of halogens is 2. The van der Waals surface area contributed by atoms with Gasteiger partial charge in [0.25, 0.3) is 0 Å². The molecule has 0 bridgehead atoms. The predicted octanol–water partition coefficient (Wildman–Crippen LogP) is 7.59. The number of aromatic nitrogens is 4. The fourth-order valence-corrected chi connectivity index (χ4v) is 5.88. The van der Waals surface area contributed by atoms with Gasteiger partial charge in [0, 0.05) is 23.4 Å². The summed E-state index contributed by atoms with van der Waals surface area (Å²) in [7, 11) is 0. The quantitative estimate of drug-likeness (QED) is 0.210. The lowest BCUT2D eigenvalue weighted by Crippen LogP contribution is -2.14. The first-order chi connectivity index (χ1) is 17.4. The predicted molar refractivity (Wildman–Crippen MR) is 150 cm³/mol. The molecule has 0 saturated carbocycles. The largest absolute Gasteiger partial charge is 0.325 e. The first-order valence-corrected chi connectivity index (χ1v) is 13.8. The van der Waals surface area contributed by atoms with Crippen LogP contribution in [-0.2, 0) is 11.3 Å². The van der Waals surface area contributed by atoms with Crippen LogP contribution in [0.5, 0.6) is 0 Å². The van der Waals surface area contributed by atoms with E-state index in [1.54, 1.807) is 23.5 Å². The summed E-state index contributed by atoms with van der Waals surface area (Å²) in [5, 5.41) is 14.1. The Bertz CT molecular complexity index is 1560. The molecule has 0 fully saturated rings. The molecule has 2 heterocycles. The number of rotatable bonds is 7. The highest BCUT2D eigenvalue weighted by Crippen LogP contribution is 2.32. The molecule has 182 valence electrons. The Kier molecular flexibility index (Phi) is 7.29. The van der Waals surface area contributed by atoms with Crippen molar-refractivity contribution in [2.75, 3.05) is 11.1 Å². The van der Waals surface area contributed by atoms with E-state index in [1.165, 1.54) is 22.0 Å². The van der Waals surface area contributed by atoms with Crippen molar-refractivity contribution in [3.05, 3.63) is 76.3 Å². The number of anilines is 1. The summed E-state index contributed by atoms with van der Waals surface area (Å²) >= 11 is 15.2. The number of hydrogen-bond acceptors (Lipinski definition) is 6. The van der Waals surface area contributed by atoms with Gasteiger partial charge in [-0.25, -0.2) is 4.98 Å². The third kappa shape index (κ3) is 5.27. The van der Waals surface area contributed by atoms with Crippen LogP contribution in [0.4, 0.5) is 5.69 Å². The molecule has 0 unspecified atom stereocenters. The van der Waals surface area contributed by atoms with E-state index in [0.29, 0.717) is 27.6 Å². The van der Waals surface area contributed by atoms with Crippen LogP contribution in [0.15, 0.2) is 65.8 Å². The number of thioether (sulfide) groups is 1. The first-order valence-electron chi connectivity index (χ1n) is 11.2. The normalized spacial score (nSPS) is 11.2. The number of thiazole rings is 1. The van der Waals surface area contributed by atoms with Crippen molar-refractivity contribution in [3.8, 4) is 22.0 Å². The number of carbonyl (C=O) groups is 1. The maximum Gasteiger partial charge on any atom is 0.234 e.